The molecule has 3 fully saturated rings. The number of nitrogens with zero attached hydrogens (tertiary/aromatic N) is 3. The highest BCUT2D eigenvalue weighted by atomic mass is 16.3. The van der Waals surface area contributed by atoms with Crippen LogP contribution in [-0.2, 0) is 9.59 Å². The Balaban J connectivity index is 1.41. The number of benzene rings is 1. The van der Waals surface area contributed by atoms with Gasteiger partial charge >= 0.3 is 0 Å². The van der Waals surface area contributed by atoms with E-state index in [0.29, 0.717) is 32.5 Å². The minimum Gasteiger partial charge on any atom is -0.390 e. The second-order valence-corrected chi connectivity index (χ2v) is 11.6. The molecule has 1 aliphatic carbocycles. The lowest BCUT2D eigenvalue weighted by Gasteiger charge is -2.53. The molecule has 1 saturated carbocycles. The molecule has 8 heteroatoms. The van der Waals surface area contributed by atoms with Crippen molar-refractivity contribution < 1.29 is 14.7 Å². The van der Waals surface area contributed by atoms with Crippen LogP contribution in [0.3, 0.4) is 0 Å². The molecule has 1 aromatic carbocycles. The summed E-state index contributed by atoms with van der Waals surface area (Å²) in [5, 5.41) is 21.7. The predicted octanol–water partition coefficient (Wildman–Crippen LogP) is 3.63. The van der Waals surface area contributed by atoms with Crippen molar-refractivity contribution in [1.29, 1.82) is 0 Å². The number of hydrogen-bond acceptors (Lipinski definition) is 5. The van der Waals surface area contributed by atoms with Gasteiger partial charge in [0.1, 0.15) is 11.6 Å². The van der Waals surface area contributed by atoms with Crippen LogP contribution in [0.5, 0.6) is 0 Å². The van der Waals surface area contributed by atoms with Crippen LogP contribution in [0, 0.1) is 19.8 Å². The Labute approximate surface area is 226 Å². The number of H-pyrrole nitrogens is 1. The first kappa shape index (κ1) is 26.9. The van der Waals surface area contributed by atoms with E-state index in [9.17, 15) is 14.7 Å². The fourth-order valence-electron chi connectivity index (χ4n) is 7.09. The molecule has 3 aliphatic rings. The molecule has 2 aliphatic heterocycles. The minimum absolute atomic E-state index is 0.0238. The van der Waals surface area contributed by atoms with E-state index in [-0.39, 0.29) is 23.8 Å². The molecule has 2 aromatic rings. The van der Waals surface area contributed by atoms with Crippen LogP contribution in [0.1, 0.15) is 86.8 Å². The van der Waals surface area contributed by atoms with Crippen LogP contribution < -0.4 is 5.32 Å². The lowest BCUT2D eigenvalue weighted by molar-refractivity contribution is -0.165. The highest BCUT2D eigenvalue weighted by Crippen LogP contribution is 2.40. The summed E-state index contributed by atoms with van der Waals surface area (Å²) in [7, 11) is 0. The maximum absolute atomic E-state index is 13.9. The summed E-state index contributed by atoms with van der Waals surface area (Å²) in [6.45, 7) is 8.13. The zero-order valence-corrected chi connectivity index (χ0v) is 23.1. The molecule has 206 valence electrons. The van der Waals surface area contributed by atoms with Gasteiger partial charge in [0.05, 0.1) is 17.8 Å². The fraction of sp³-hybridized carbons (Fsp3) is 0.633. The molecule has 0 radical (unpaired) electrons. The van der Waals surface area contributed by atoms with Crippen LogP contribution in [0.4, 0.5) is 0 Å². The SMILES string of the molecule is CCCCN1C(=O)[C@@H]([C@H](O)C2CCCC2)NC(=O)C12CCN(C(c1ccccc1)c1c(C)n[nH]c1C)CC2. The first-order valence-corrected chi connectivity index (χ1v) is 14.5. The lowest BCUT2D eigenvalue weighted by atomic mass is 9.79. The lowest BCUT2D eigenvalue weighted by Crippen LogP contribution is -2.75. The molecule has 1 unspecified atom stereocenters. The number of piperazine rings is 1. The number of carbonyl (C=O) groups is 2. The molecule has 1 spiro atoms. The van der Waals surface area contributed by atoms with Gasteiger partial charge in [0, 0.05) is 30.9 Å². The highest BCUT2D eigenvalue weighted by molar-refractivity contribution is 6.00. The molecule has 0 bridgehead atoms. The van der Waals surface area contributed by atoms with Crippen LogP contribution in [0.25, 0.3) is 0 Å². The summed E-state index contributed by atoms with van der Waals surface area (Å²) in [5.74, 6) is -0.116. The van der Waals surface area contributed by atoms with Crippen molar-refractivity contribution in [1.82, 2.24) is 25.3 Å². The monoisotopic (exact) mass is 521 g/mol. The highest BCUT2D eigenvalue weighted by Gasteiger charge is 2.55. The zero-order valence-electron chi connectivity index (χ0n) is 23.1. The number of aromatic nitrogens is 2. The van der Waals surface area contributed by atoms with Crippen molar-refractivity contribution in [3.8, 4) is 0 Å². The third-order valence-electron chi connectivity index (χ3n) is 9.28. The number of likely N-dealkylation sites (tertiary alicyclic amines) is 1. The van der Waals surface area contributed by atoms with Crippen molar-refractivity contribution in [3.63, 3.8) is 0 Å². The summed E-state index contributed by atoms with van der Waals surface area (Å²) in [6.07, 6.45) is 6.11. The van der Waals surface area contributed by atoms with Crippen molar-refractivity contribution in [2.24, 2.45) is 5.92 Å². The molecule has 3 heterocycles. The molecule has 2 amide bonds. The maximum Gasteiger partial charge on any atom is 0.248 e. The molecule has 38 heavy (non-hydrogen) atoms. The summed E-state index contributed by atoms with van der Waals surface area (Å²) in [4.78, 5) is 32.0. The molecule has 3 N–H and O–H groups in total. The van der Waals surface area contributed by atoms with Gasteiger partial charge in [-0.05, 0) is 57.4 Å². The predicted molar refractivity (Wildman–Crippen MR) is 146 cm³/mol. The average molecular weight is 522 g/mol. The Bertz CT molecular complexity index is 1100. The number of hydrogen-bond donors (Lipinski definition) is 3. The maximum atomic E-state index is 13.9. The van der Waals surface area contributed by atoms with E-state index in [1.54, 1.807) is 0 Å². The van der Waals surface area contributed by atoms with Crippen LogP contribution in [0.2, 0.25) is 0 Å². The van der Waals surface area contributed by atoms with Gasteiger partial charge in [-0.1, -0.05) is 56.5 Å². The molecule has 2 saturated heterocycles. The number of nitrogens with one attached hydrogen (secondary N) is 2. The van der Waals surface area contributed by atoms with Crippen molar-refractivity contribution >= 4 is 11.8 Å². The second-order valence-electron chi connectivity index (χ2n) is 11.6. The van der Waals surface area contributed by atoms with E-state index < -0.39 is 17.7 Å². The first-order chi connectivity index (χ1) is 18.4. The van der Waals surface area contributed by atoms with Gasteiger partial charge in [0.25, 0.3) is 0 Å². The number of aryl methyl sites for hydroxylation is 2. The fourth-order valence-corrected chi connectivity index (χ4v) is 7.09. The van der Waals surface area contributed by atoms with Crippen molar-refractivity contribution in [3.05, 3.63) is 52.8 Å². The van der Waals surface area contributed by atoms with Gasteiger partial charge in [-0.3, -0.25) is 19.6 Å². The Morgan fingerprint density at radius 2 is 1.79 bits per heavy atom. The number of unbranched alkanes of at least 4 members (excludes halogenated alkanes) is 1. The topological polar surface area (TPSA) is 102 Å². The van der Waals surface area contributed by atoms with E-state index in [2.05, 4.69) is 58.5 Å². The number of rotatable bonds is 8. The van der Waals surface area contributed by atoms with E-state index in [4.69, 9.17) is 0 Å². The van der Waals surface area contributed by atoms with E-state index in [0.717, 1.165) is 49.9 Å². The van der Waals surface area contributed by atoms with Gasteiger partial charge < -0.3 is 15.3 Å². The first-order valence-electron chi connectivity index (χ1n) is 14.5. The number of carbonyl (C=O) groups excluding carboxylic acids is 2. The van der Waals surface area contributed by atoms with Crippen molar-refractivity contribution in [2.45, 2.75) is 95.9 Å². The van der Waals surface area contributed by atoms with Gasteiger partial charge in [0.2, 0.25) is 11.8 Å². The summed E-state index contributed by atoms with van der Waals surface area (Å²) in [5.41, 5.74) is 3.55. The third-order valence-corrected chi connectivity index (χ3v) is 9.28. The Hall–Kier alpha value is -2.71. The standard InChI is InChI=1S/C30H43N5O3/c1-4-5-17-35-28(37)25(27(36)23-13-9-10-14-23)31-29(38)30(35)15-18-34(19-16-30)26(22-11-7-6-8-12-22)24-20(2)32-33-21(24)3/h6-8,11-12,23,25-27,36H,4-5,9-10,13-19H2,1-3H3,(H,31,38)(H,32,33)/t25-,26?,27-/m1/s1. The average Bonchev–Trinajstić information content (AvgIpc) is 3.59. The number of amides is 2. The normalized spacial score (nSPS) is 24.1. The Morgan fingerprint density at radius 1 is 1.11 bits per heavy atom. The number of aliphatic hydroxyl groups excluding tert-OH is 1. The molecular weight excluding hydrogens is 478 g/mol. The molecular formula is C30H43N5O3. The van der Waals surface area contributed by atoms with Gasteiger partial charge in [0.15, 0.2) is 0 Å². The zero-order chi connectivity index (χ0) is 26.9. The number of aromatic amines is 1. The van der Waals surface area contributed by atoms with E-state index in [1.807, 2.05) is 17.9 Å². The summed E-state index contributed by atoms with van der Waals surface area (Å²) < 4.78 is 0. The van der Waals surface area contributed by atoms with Gasteiger partial charge in [-0.15, -0.1) is 0 Å². The summed E-state index contributed by atoms with van der Waals surface area (Å²) in [6, 6.07) is 9.65. The smallest absolute Gasteiger partial charge is 0.248 e. The van der Waals surface area contributed by atoms with Crippen LogP contribution in [0.15, 0.2) is 30.3 Å². The summed E-state index contributed by atoms with van der Waals surface area (Å²) >= 11 is 0. The van der Waals surface area contributed by atoms with Crippen LogP contribution >= 0.6 is 0 Å². The largest absolute Gasteiger partial charge is 0.390 e. The molecule has 8 nitrogen and oxygen atoms in total. The van der Waals surface area contributed by atoms with Gasteiger partial charge in [-0.25, -0.2) is 0 Å². The number of piperidine rings is 1. The van der Waals surface area contributed by atoms with Crippen LogP contribution in [-0.4, -0.2) is 74.2 Å². The Morgan fingerprint density at radius 3 is 2.39 bits per heavy atom. The Kier molecular flexibility index (Phi) is 7.91. The van der Waals surface area contributed by atoms with E-state index in [1.165, 1.54) is 11.1 Å². The molecule has 3 atom stereocenters. The number of aliphatic hydroxyl groups is 1. The van der Waals surface area contributed by atoms with Crippen molar-refractivity contribution in [2.75, 3.05) is 19.6 Å². The minimum atomic E-state index is -0.865. The molecule has 1 aromatic heterocycles. The molecule has 5 rings (SSSR count). The quantitative estimate of drug-likeness (QED) is 0.493. The van der Waals surface area contributed by atoms with Gasteiger partial charge in [-0.2, -0.15) is 5.10 Å². The van der Waals surface area contributed by atoms with E-state index >= 15 is 0 Å². The third kappa shape index (κ3) is 4.77. The second kappa shape index (κ2) is 11.2.